The molecule has 6 heteroatoms. The van der Waals surface area contributed by atoms with Crippen LogP contribution in [0, 0.1) is 5.92 Å². The van der Waals surface area contributed by atoms with Crippen molar-refractivity contribution in [3.05, 3.63) is 42.0 Å². The smallest absolute Gasteiger partial charge is 0.340 e. The lowest BCUT2D eigenvalue weighted by atomic mass is 9.95. The number of hydrogen-bond acceptors (Lipinski definition) is 5. The second-order valence-electron chi connectivity index (χ2n) is 5.40. The monoisotopic (exact) mass is 331 g/mol. The maximum Gasteiger partial charge on any atom is 0.340 e. The van der Waals surface area contributed by atoms with Crippen molar-refractivity contribution in [2.45, 2.75) is 26.2 Å². The van der Waals surface area contributed by atoms with E-state index in [-0.39, 0.29) is 30.7 Å². The molecule has 1 aromatic rings. The zero-order valence-corrected chi connectivity index (χ0v) is 13.6. The highest BCUT2D eigenvalue weighted by Gasteiger charge is 2.21. The van der Waals surface area contributed by atoms with E-state index in [0.29, 0.717) is 12.1 Å². The average molecular weight is 331 g/mol. The molecule has 0 saturated heterocycles. The summed E-state index contributed by atoms with van der Waals surface area (Å²) in [5.74, 6) is -1.56. The van der Waals surface area contributed by atoms with Gasteiger partial charge in [-0.1, -0.05) is 24.3 Å². The molecular weight excluding hydrogens is 310 g/mol. The van der Waals surface area contributed by atoms with E-state index in [0.717, 1.165) is 12.8 Å². The Kier molecular flexibility index (Phi) is 6.54. The van der Waals surface area contributed by atoms with Crippen LogP contribution in [-0.4, -0.2) is 31.1 Å². The molecule has 0 heterocycles. The molecule has 0 unspecified atom stereocenters. The van der Waals surface area contributed by atoms with Gasteiger partial charge in [-0.25, -0.2) is 4.79 Å². The summed E-state index contributed by atoms with van der Waals surface area (Å²) >= 11 is 0. The Balaban J connectivity index is 1.89. The van der Waals surface area contributed by atoms with Crippen LogP contribution in [0.15, 0.2) is 36.4 Å². The molecule has 128 valence electrons. The van der Waals surface area contributed by atoms with Gasteiger partial charge in [0.05, 0.1) is 23.8 Å². The summed E-state index contributed by atoms with van der Waals surface area (Å²) in [4.78, 5) is 35.7. The fraction of sp³-hybridized carbons (Fsp3) is 0.389. The molecule has 0 aliphatic heterocycles. The van der Waals surface area contributed by atoms with Crippen LogP contribution in [0.1, 0.15) is 36.5 Å². The normalized spacial score (nSPS) is 16.3. The fourth-order valence-corrected chi connectivity index (χ4v) is 2.43. The summed E-state index contributed by atoms with van der Waals surface area (Å²) in [5, 5.41) is 2.58. The largest absolute Gasteiger partial charge is 0.462 e. The van der Waals surface area contributed by atoms with Gasteiger partial charge in [-0.15, -0.1) is 0 Å². The van der Waals surface area contributed by atoms with Crippen LogP contribution in [0.25, 0.3) is 0 Å². The number of hydrogen-bond donors (Lipinski definition) is 1. The molecule has 0 saturated carbocycles. The summed E-state index contributed by atoms with van der Waals surface area (Å²) in [5.41, 5.74) is 0.592. The lowest BCUT2D eigenvalue weighted by Crippen LogP contribution is -2.26. The van der Waals surface area contributed by atoms with E-state index in [1.165, 1.54) is 0 Å². The Labute approximate surface area is 140 Å². The number of anilines is 1. The summed E-state index contributed by atoms with van der Waals surface area (Å²) in [6.45, 7) is 1.57. The second kappa shape index (κ2) is 8.86. The van der Waals surface area contributed by atoms with Crippen molar-refractivity contribution >= 4 is 23.5 Å². The number of benzene rings is 1. The van der Waals surface area contributed by atoms with Crippen molar-refractivity contribution in [2.24, 2.45) is 5.92 Å². The lowest BCUT2D eigenvalue weighted by Gasteiger charge is -2.16. The van der Waals surface area contributed by atoms with Crippen LogP contribution < -0.4 is 5.32 Å². The molecule has 6 nitrogen and oxygen atoms in total. The van der Waals surface area contributed by atoms with Crippen LogP contribution in [0.2, 0.25) is 0 Å². The van der Waals surface area contributed by atoms with Crippen LogP contribution in [0.4, 0.5) is 5.69 Å². The van der Waals surface area contributed by atoms with E-state index in [2.05, 4.69) is 5.32 Å². The van der Waals surface area contributed by atoms with E-state index in [4.69, 9.17) is 9.47 Å². The highest BCUT2D eigenvalue weighted by Crippen LogP contribution is 2.20. The third kappa shape index (κ3) is 4.94. The first kappa shape index (κ1) is 17.7. The number of para-hydroxylation sites is 1. The van der Waals surface area contributed by atoms with Crippen molar-refractivity contribution in [3.63, 3.8) is 0 Å². The Bertz CT molecular complexity index is 638. The molecule has 0 bridgehead atoms. The summed E-state index contributed by atoms with van der Waals surface area (Å²) in [6.07, 6.45) is 6.21. The summed E-state index contributed by atoms with van der Waals surface area (Å²) in [6, 6.07) is 6.53. The Morgan fingerprint density at radius 3 is 2.67 bits per heavy atom. The molecule has 1 N–H and O–H groups in total. The standard InChI is InChI=1S/C18H21NO5/c1-2-23-18(22)14-10-6-7-11-15(14)19-16(20)12-24-17(21)13-8-4-3-5-9-13/h3-4,6-7,10-11,13H,2,5,8-9,12H2,1H3,(H,19,20)/t13-/m0/s1. The molecule has 1 aliphatic carbocycles. The second-order valence-corrected chi connectivity index (χ2v) is 5.40. The number of allylic oxidation sites excluding steroid dienone is 2. The Hall–Kier alpha value is -2.63. The molecule has 0 radical (unpaired) electrons. The van der Waals surface area contributed by atoms with Gasteiger partial charge < -0.3 is 14.8 Å². The third-order valence-electron chi connectivity index (χ3n) is 3.64. The first-order chi connectivity index (χ1) is 11.6. The zero-order chi connectivity index (χ0) is 17.4. The van der Waals surface area contributed by atoms with Gasteiger partial charge in [0.15, 0.2) is 6.61 Å². The predicted octanol–water partition coefficient (Wildman–Crippen LogP) is 2.70. The van der Waals surface area contributed by atoms with E-state index >= 15 is 0 Å². The number of ether oxygens (including phenoxy) is 2. The minimum absolute atomic E-state index is 0.186. The van der Waals surface area contributed by atoms with Gasteiger partial charge in [0.1, 0.15) is 0 Å². The molecule has 1 aromatic carbocycles. The van der Waals surface area contributed by atoms with Crippen molar-refractivity contribution in [2.75, 3.05) is 18.5 Å². The van der Waals surface area contributed by atoms with Crippen molar-refractivity contribution < 1.29 is 23.9 Å². The van der Waals surface area contributed by atoms with E-state index in [1.807, 2.05) is 12.2 Å². The van der Waals surface area contributed by atoms with Gasteiger partial charge in [-0.2, -0.15) is 0 Å². The first-order valence-corrected chi connectivity index (χ1v) is 7.99. The topological polar surface area (TPSA) is 81.7 Å². The molecular formula is C18H21NO5. The predicted molar refractivity (Wildman–Crippen MR) is 88.5 cm³/mol. The van der Waals surface area contributed by atoms with E-state index < -0.39 is 11.9 Å². The van der Waals surface area contributed by atoms with Gasteiger partial charge in [0.25, 0.3) is 5.91 Å². The summed E-state index contributed by atoms with van der Waals surface area (Å²) < 4.78 is 10.0. The molecule has 0 fully saturated rings. The molecule has 0 aromatic heterocycles. The van der Waals surface area contributed by atoms with Crippen molar-refractivity contribution in [3.8, 4) is 0 Å². The number of carbonyl (C=O) groups excluding carboxylic acids is 3. The summed E-state index contributed by atoms with van der Waals surface area (Å²) in [7, 11) is 0. The van der Waals surface area contributed by atoms with E-state index in [9.17, 15) is 14.4 Å². The molecule has 1 aliphatic rings. The highest BCUT2D eigenvalue weighted by molar-refractivity contribution is 6.01. The van der Waals surface area contributed by atoms with Crippen molar-refractivity contribution in [1.29, 1.82) is 0 Å². The number of rotatable bonds is 6. The number of carbonyl (C=O) groups is 3. The van der Waals surface area contributed by atoms with Gasteiger partial charge in [-0.05, 0) is 38.3 Å². The Morgan fingerprint density at radius 2 is 1.96 bits per heavy atom. The van der Waals surface area contributed by atoms with Crippen LogP contribution >= 0.6 is 0 Å². The van der Waals surface area contributed by atoms with E-state index in [1.54, 1.807) is 31.2 Å². The quantitative estimate of drug-likeness (QED) is 0.640. The highest BCUT2D eigenvalue weighted by atomic mass is 16.5. The van der Waals surface area contributed by atoms with Gasteiger partial charge in [0.2, 0.25) is 0 Å². The van der Waals surface area contributed by atoms with Crippen LogP contribution in [-0.2, 0) is 19.1 Å². The minimum atomic E-state index is -0.514. The lowest BCUT2D eigenvalue weighted by molar-refractivity contribution is -0.151. The molecule has 2 rings (SSSR count). The minimum Gasteiger partial charge on any atom is -0.462 e. The Morgan fingerprint density at radius 1 is 1.17 bits per heavy atom. The number of amides is 1. The molecule has 1 atom stereocenters. The SMILES string of the molecule is CCOC(=O)c1ccccc1NC(=O)COC(=O)[C@H]1CC=CCC1. The molecule has 1 amide bonds. The van der Waals surface area contributed by atoms with Gasteiger partial charge in [0, 0.05) is 0 Å². The average Bonchev–Trinajstić information content (AvgIpc) is 2.61. The van der Waals surface area contributed by atoms with Crippen LogP contribution in [0.3, 0.4) is 0 Å². The number of nitrogens with one attached hydrogen (secondary N) is 1. The molecule has 24 heavy (non-hydrogen) atoms. The maximum absolute atomic E-state index is 12.0. The van der Waals surface area contributed by atoms with Gasteiger partial charge >= 0.3 is 11.9 Å². The number of esters is 2. The van der Waals surface area contributed by atoms with Crippen LogP contribution in [0.5, 0.6) is 0 Å². The third-order valence-corrected chi connectivity index (χ3v) is 3.64. The molecule has 0 spiro atoms. The first-order valence-electron chi connectivity index (χ1n) is 7.99. The zero-order valence-electron chi connectivity index (χ0n) is 13.6. The van der Waals surface area contributed by atoms with Crippen molar-refractivity contribution in [1.82, 2.24) is 0 Å². The maximum atomic E-state index is 12.0. The fourth-order valence-electron chi connectivity index (χ4n) is 2.43. The van der Waals surface area contributed by atoms with Gasteiger partial charge in [-0.3, -0.25) is 9.59 Å².